The number of rotatable bonds is 13. The number of amides is 1. The monoisotopic (exact) mass is 505 g/mol. The van der Waals surface area contributed by atoms with Gasteiger partial charge in [-0.05, 0) is 42.7 Å². The average molecular weight is 505 g/mol. The molecule has 14 heteroatoms. The first-order valence-electron chi connectivity index (χ1n) is 10.6. The van der Waals surface area contributed by atoms with Gasteiger partial charge in [0.05, 0.1) is 18.1 Å². The minimum atomic E-state index is -1.06. The molecule has 0 radical (unpaired) electrons. The van der Waals surface area contributed by atoms with Crippen molar-refractivity contribution in [2.45, 2.75) is 32.2 Å². The standard InChI is InChI=1S/C22H23N3O11/c1-15(26)23-20(21(27)33-12-2-3-13-34-25(31)32)14-16-4-8-18(9-5-16)35-22(28)36-19-10-6-17(7-11-19)24(29)30/h4-11,20H,2-3,12-14H2,1H3,(H,23,26). The summed E-state index contributed by atoms with van der Waals surface area (Å²) in [6.45, 7) is 1.14. The number of non-ortho nitro benzene ring substituents is 1. The van der Waals surface area contributed by atoms with Crippen molar-refractivity contribution in [1.82, 2.24) is 5.32 Å². The molecule has 0 aliphatic carbocycles. The summed E-state index contributed by atoms with van der Waals surface area (Å²) in [5.41, 5.74) is 0.469. The number of benzene rings is 2. The van der Waals surface area contributed by atoms with Crippen LogP contribution in [0.1, 0.15) is 25.3 Å². The second-order valence-electron chi connectivity index (χ2n) is 7.24. The molecule has 2 aromatic rings. The van der Waals surface area contributed by atoms with Crippen molar-refractivity contribution in [1.29, 1.82) is 0 Å². The fraction of sp³-hybridized carbons (Fsp3) is 0.318. The zero-order valence-electron chi connectivity index (χ0n) is 19.1. The Morgan fingerprint density at radius 1 is 0.889 bits per heavy atom. The van der Waals surface area contributed by atoms with E-state index in [1.54, 1.807) is 12.1 Å². The van der Waals surface area contributed by atoms with Gasteiger partial charge in [0, 0.05) is 25.5 Å². The highest BCUT2D eigenvalue weighted by molar-refractivity contribution is 5.83. The molecule has 1 amide bonds. The largest absolute Gasteiger partial charge is 0.519 e. The fourth-order valence-electron chi connectivity index (χ4n) is 2.83. The molecule has 0 saturated heterocycles. The van der Waals surface area contributed by atoms with E-state index in [9.17, 15) is 34.6 Å². The summed E-state index contributed by atoms with van der Waals surface area (Å²) < 4.78 is 15.2. The van der Waals surface area contributed by atoms with Gasteiger partial charge in [0.25, 0.3) is 10.8 Å². The lowest BCUT2D eigenvalue weighted by Crippen LogP contribution is -2.42. The van der Waals surface area contributed by atoms with Crippen molar-refractivity contribution in [2.75, 3.05) is 13.2 Å². The number of carbonyl (C=O) groups excluding carboxylic acids is 3. The van der Waals surface area contributed by atoms with Crippen LogP contribution in [0.4, 0.5) is 10.5 Å². The third-order valence-corrected chi connectivity index (χ3v) is 4.45. The summed E-state index contributed by atoms with van der Waals surface area (Å²) >= 11 is 0. The van der Waals surface area contributed by atoms with Crippen LogP contribution < -0.4 is 14.8 Å². The van der Waals surface area contributed by atoms with E-state index in [2.05, 4.69) is 10.2 Å². The molecule has 0 spiro atoms. The molecular formula is C22H23N3O11. The summed E-state index contributed by atoms with van der Waals surface area (Å²) in [4.78, 5) is 60.2. The van der Waals surface area contributed by atoms with Gasteiger partial charge in [-0.15, -0.1) is 10.1 Å². The van der Waals surface area contributed by atoms with E-state index in [-0.39, 0.29) is 36.8 Å². The molecule has 36 heavy (non-hydrogen) atoms. The topological polar surface area (TPSA) is 186 Å². The molecule has 0 aliphatic heterocycles. The van der Waals surface area contributed by atoms with Gasteiger partial charge >= 0.3 is 12.1 Å². The first kappa shape index (κ1) is 27.5. The highest BCUT2D eigenvalue weighted by Crippen LogP contribution is 2.19. The van der Waals surface area contributed by atoms with Gasteiger partial charge in [-0.3, -0.25) is 14.9 Å². The summed E-state index contributed by atoms with van der Waals surface area (Å²) in [6.07, 6.45) is -0.308. The van der Waals surface area contributed by atoms with Gasteiger partial charge in [0.1, 0.15) is 17.5 Å². The van der Waals surface area contributed by atoms with Crippen LogP contribution in [0.3, 0.4) is 0 Å². The molecule has 1 unspecified atom stereocenters. The first-order valence-corrected chi connectivity index (χ1v) is 10.6. The number of nitrogens with zero attached hydrogens (tertiary/aromatic N) is 2. The van der Waals surface area contributed by atoms with Crippen molar-refractivity contribution in [3.8, 4) is 11.5 Å². The van der Waals surface area contributed by atoms with Gasteiger partial charge in [-0.2, -0.15) is 0 Å². The Kier molecular flexibility index (Phi) is 10.6. The summed E-state index contributed by atoms with van der Waals surface area (Å²) in [7, 11) is 0. The van der Waals surface area contributed by atoms with Crippen LogP contribution >= 0.6 is 0 Å². The number of nitro groups is 1. The summed E-state index contributed by atoms with van der Waals surface area (Å²) in [5.74, 6) is -0.914. The Bertz CT molecular complexity index is 1070. The highest BCUT2D eigenvalue weighted by Gasteiger charge is 2.21. The van der Waals surface area contributed by atoms with Crippen LogP contribution in [-0.2, 0) is 25.6 Å². The van der Waals surface area contributed by atoms with Crippen LogP contribution in [0.2, 0.25) is 0 Å². The molecule has 2 rings (SSSR count). The zero-order valence-corrected chi connectivity index (χ0v) is 19.1. The Morgan fingerprint density at radius 2 is 1.44 bits per heavy atom. The van der Waals surface area contributed by atoms with E-state index in [1.165, 1.54) is 43.3 Å². The molecule has 192 valence electrons. The van der Waals surface area contributed by atoms with Crippen molar-refractivity contribution in [3.05, 3.63) is 74.3 Å². The van der Waals surface area contributed by atoms with E-state index in [0.717, 1.165) is 0 Å². The number of esters is 1. The highest BCUT2D eigenvalue weighted by atomic mass is 16.9. The van der Waals surface area contributed by atoms with E-state index in [0.29, 0.717) is 18.4 Å². The SMILES string of the molecule is CC(=O)NC(Cc1ccc(OC(=O)Oc2ccc([N+](=O)[O-])cc2)cc1)C(=O)OCCCCO[N+](=O)[O-]. The quantitative estimate of drug-likeness (QED) is 0.139. The number of hydrogen-bond donors (Lipinski definition) is 1. The second kappa shape index (κ2) is 13.8. The molecule has 0 saturated carbocycles. The molecule has 14 nitrogen and oxygen atoms in total. The maximum absolute atomic E-state index is 12.4. The number of unbranched alkanes of at least 4 members (excludes halogenated alkanes) is 1. The number of hydrogen-bond acceptors (Lipinski definition) is 11. The predicted molar refractivity (Wildman–Crippen MR) is 121 cm³/mol. The Balaban J connectivity index is 1.86. The maximum Gasteiger partial charge on any atom is 0.519 e. The smallest absolute Gasteiger partial charge is 0.464 e. The molecular weight excluding hydrogens is 482 g/mol. The van der Waals surface area contributed by atoms with Crippen molar-refractivity contribution < 1.29 is 43.4 Å². The number of nitro benzene ring substituents is 1. The predicted octanol–water partition coefficient (Wildman–Crippen LogP) is 2.75. The second-order valence-corrected chi connectivity index (χ2v) is 7.24. The maximum atomic E-state index is 12.4. The van der Waals surface area contributed by atoms with E-state index >= 15 is 0 Å². The lowest BCUT2D eigenvalue weighted by Gasteiger charge is -2.17. The van der Waals surface area contributed by atoms with Gasteiger partial charge in [0.15, 0.2) is 0 Å². The molecule has 0 heterocycles. The molecule has 0 bridgehead atoms. The molecule has 0 fully saturated rings. The van der Waals surface area contributed by atoms with E-state index in [4.69, 9.17) is 14.2 Å². The van der Waals surface area contributed by atoms with Crippen LogP contribution in [-0.4, -0.2) is 47.3 Å². The van der Waals surface area contributed by atoms with Crippen molar-refractivity contribution in [2.24, 2.45) is 0 Å². The number of ether oxygens (including phenoxy) is 3. The lowest BCUT2D eigenvalue weighted by molar-refractivity contribution is -0.757. The minimum Gasteiger partial charge on any atom is -0.464 e. The lowest BCUT2D eigenvalue weighted by atomic mass is 10.1. The van der Waals surface area contributed by atoms with E-state index < -0.39 is 34.1 Å². The number of carbonyl (C=O) groups is 3. The summed E-state index contributed by atoms with van der Waals surface area (Å²) in [5, 5.41) is 22.4. The molecule has 0 aliphatic rings. The van der Waals surface area contributed by atoms with Gasteiger partial charge in [-0.1, -0.05) is 12.1 Å². The van der Waals surface area contributed by atoms with Crippen LogP contribution in [0.5, 0.6) is 11.5 Å². The first-order chi connectivity index (χ1) is 17.1. The van der Waals surface area contributed by atoms with E-state index in [1.807, 2.05) is 0 Å². The Morgan fingerprint density at radius 3 is 1.97 bits per heavy atom. The normalized spacial score (nSPS) is 11.0. The minimum absolute atomic E-state index is 0.000355. The molecule has 1 N–H and O–H groups in total. The van der Waals surface area contributed by atoms with Gasteiger partial charge in [0.2, 0.25) is 5.91 Å². The van der Waals surface area contributed by atoms with Crippen molar-refractivity contribution >= 4 is 23.7 Å². The fourth-order valence-corrected chi connectivity index (χ4v) is 2.83. The Hall–Kier alpha value is -4.75. The van der Waals surface area contributed by atoms with Crippen LogP contribution in [0.15, 0.2) is 48.5 Å². The molecule has 2 aromatic carbocycles. The molecule has 0 aromatic heterocycles. The zero-order chi connectivity index (χ0) is 26.5. The molecule has 1 atom stereocenters. The van der Waals surface area contributed by atoms with Gasteiger partial charge < -0.3 is 24.4 Å². The third-order valence-electron chi connectivity index (χ3n) is 4.45. The third kappa shape index (κ3) is 10.0. The van der Waals surface area contributed by atoms with Crippen molar-refractivity contribution in [3.63, 3.8) is 0 Å². The van der Waals surface area contributed by atoms with Gasteiger partial charge in [-0.25, -0.2) is 9.59 Å². The average Bonchev–Trinajstić information content (AvgIpc) is 2.81. The van der Waals surface area contributed by atoms with Crippen LogP contribution in [0, 0.1) is 20.2 Å². The van der Waals surface area contributed by atoms with Crippen LogP contribution in [0.25, 0.3) is 0 Å². The summed E-state index contributed by atoms with van der Waals surface area (Å²) in [6, 6.07) is 9.95. The number of nitrogens with one attached hydrogen (secondary N) is 1. The Labute approximate surface area is 204 Å².